The van der Waals surface area contributed by atoms with E-state index < -0.39 is 0 Å². The second-order valence-electron chi connectivity index (χ2n) is 2.74. The van der Waals surface area contributed by atoms with Crippen molar-refractivity contribution in [3.8, 4) is 0 Å². The van der Waals surface area contributed by atoms with Crippen molar-refractivity contribution >= 4 is 39.0 Å². The van der Waals surface area contributed by atoms with Crippen LogP contribution in [0.2, 0.25) is 0 Å². The maximum absolute atomic E-state index is 5.24. The minimum atomic E-state index is 0.739. The first kappa shape index (κ1) is 10.3. The van der Waals surface area contributed by atoms with E-state index in [0.29, 0.717) is 0 Å². The number of thioether (sulfide) groups is 1. The van der Waals surface area contributed by atoms with Crippen molar-refractivity contribution in [2.45, 2.75) is 17.9 Å². The van der Waals surface area contributed by atoms with Crippen molar-refractivity contribution in [2.24, 2.45) is 0 Å². The Kier molecular flexibility index (Phi) is 3.30. The fraction of sp³-hybridized carbons (Fsp3) is 0.222. The molecular formula is C9H8BrNOS2. The van der Waals surface area contributed by atoms with Gasteiger partial charge < -0.3 is 4.42 Å². The molecule has 0 spiro atoms. The maximum Gasteiger partial charge on any atom is 0.256 e. The molecule has 0 amide bonds. The minimum Gasteiger partial charge on any atom is -0.440 e. The van der Waals surface area contributed by atoms with Crippen LogP contribution in [-0.2, 0) is 5.75 Å². The molecule has 0 N–H and O–H groups in total. The number of aromatic nitrogens is 1. The van der Waals surface area contributed by atoms with Crippen molar-refractivity contribution in [3.05, 3.63) is 32.8 Å². The summed E-state index contributed by atoms with van der Waals surface area (Å²) in [7, 11) is 0. The van der Waals surface area contributed by atoms with Crippen molar-refractivity contribution in [1.29, 1.82) is 0 Å². The zero-order chi connectivity index (χ0) is 9.97. The SMILES string of the molecule is Cc1coc(SCc2sccc2Br)n1. The molecule has 0 aromatic carbocycles. The summed E-state index contributed by atoms with van der Waals surface area (Å²) >= 11 is 6.85. The summed E-state index contributed by atoms with van der Waals surface area (Å²) in [5.74, 6) is 0.901. The standard InChI is InChI=1S/C9H8BrNOS2/c1-6-4-12-9(11-6)14-5-8-7(10)2-3-13-8/h2-4H,5H2,1H3. The lowest BCUT2D eigenvalue weighted by atomic mass is 10.5. The Hall–Kier alpha value is -0.260. The summed E-state index contributed by atoms with van der Waals surface area (Å²) in [6, 6.07) is 2.06. The number of rotatable bonds is 3. The normalized spacial score (nSPS) is 10.7. The third-order valence-electron chi connectivity index (χ3n) is 1.62. The van der Waals surface area contributed by atoms with Crippen molar-refractivity contribution < 1.29 is 4.42 Å². The van der Waals surface area contributed by atoms with Crippen LogP contribution in [-0.4, -0.2) is 4.98 Å². The van der Waals surface area contributed by atoms with E-state index in [-0.39, 0.29) is 0 Å². The van der Waals surface area contributed by atoms with Crippen LogP contribution in [0, 0.1) is 6.92 Å². The van der Waals surface area contributed by atoms with Gasteiger partial charge in [0.25, 0.3) is 5.22 Å². The number of hydrogen-bond donors (Lipinski definition) is 0. The molecule has 0 aliphatic carbocycles. The number of aryl methyl sites for hydroxylation is 1. The van der Waals surface area contributed by atoms with Gasteiger partial charge in [-0.25, -0.2) is 4.98 Å². The highest BCUT2D eigenvalue weighted by molar-refractivity contribution is 9.10. The van der Waals surface area contributed by atoms with Crippen LogP contribution < -0.4 is 0 Å². The second-order valence-corrected chi connectivity index (χ2v) is 5.52. The van der Waals surface area contributed by atoms with Gasteiger partial charge in [0.15, 0.2) is 0 Å². The Morgan fingerprint density at radius 3 is 3.07 bits per heavy atom. The third kappa shape index (κ3) is 2.40. The first-order chi connectivity index (χ1) is 6.75. The van der Waals surface area contributed by atoms with Crippen LogP contribution in [0.3, 0.4) is 0 Å². The fourth-order valence-electron chi connectivity index (χ4n) is 0.954. The van der Waals surface area contributed by atoms with Crippen LogP contribution in [0.1, 0.15) is 10.6 Å². The van der Waals surface area contributed by atoms with Crippen molar-refractivity contribution in [3.63, 3.8) is 0 Å². The molecule has 0 saturated heterocycles. The lowest BCUT2D eigenvalue weighted by Gasteiger charge is -1.94. The van der Waals surface area contributed by atoms with E-state index in [1.54, 1.807) is 29.4 Å². The maximum atomic E-state index is 5.24. The molecule has 2 rings (SSSR count). The molecule has 2 aromatic rings. The van der Waals surface area contributed by atoms with Gasteiger partial charge in [0.05, 0.1) is 5.69 Å². The van der Waals surface area contributed by atoms with Gasteiger partial charge in [-0.15, -0.1) is 11.3 Å². The molecule has 5 heteroatoms. The van der Waals surface area contributed by atoms with Gasteiger partial charge in [0, 0.05) is 15.1 Å². The predicted octanol–water partition coefficient (Wildman–Crippen LogP) is 4.10. The van der Waals surface area contributed by atoms with Gasteiger partial charge >= 0.3 is 0 Å². The van der Waals surface area contributed by atoms with E-state index in [4.69, 9.17) is 4.42 Å². The molecule has 0 aliphatic heterocycles. The zero-order valence-corrected chi connectivity index (χ0v) is 10.7. The van der Waals surface area contributed by atoms with Crippen molar-refractivity contribution in [1.82, 2.24) is 4.98 Å². The highest BCUT2D eigenvalue weighted by Gasteiger charge is 2.05. The van der Waals surface area contributed by atoms with Crippen LogP contribution in [0.4, 0.5) is 0 Å². The van der Waals surface area contributed by atoms with Crippen LogP contribution in [0.25, 0.3) is 0 Å². The molecule has 14 heavy (non-hydrogen) atoms. The molecule has 0 saturated carbocycles. The average molecular weight is 290 g/mol. The third-order valence-corrected chi connectivity index (χ3v) is 4.59. The first-order valence-corrected chi connectivity index (χ1v) is 6.68. The highest BCUT2D eigenvalue weighted by atomic mass is 79.9. The largest absolute Gasteiger partial charge is 0.440 e. The van der Waals surface area contributed by atoms with E-state index in [1.165, 1.54) is 9.35 Å². The number of halogens is 1. The molecule has 74 valence electrons. The summed E-state index contributed by atoms with van der Waals surface area (Å²) in [5.41, 5.74) is 0.928. The molecular weight excluding hydrogens is 282 g/mol. The van der Waals surface area contributed by atoms with Gasteiger partial charge in [-0.1, -0.05) is 11.8 Å². The van der Waals surface area contributed by atoms with Gasteiger partial charge in [0.2, 0.25) is 0 Å². The van der Waals surface area contributed by atoms with E-state index in [1.807, 2.05) is 6.92 Å². The summed E-state index contributed by atoms with van der Waals surface area (Å²) in [6.45, 7) is 1.93. The molecule has 2 nitrogen and oxygen atoms in total. The molecule has 2 heterocycles. The van der Waals surface area contributed by atoms with E-state index in [9.17, 15) is 0 Å². The van der Waals surface area contributed by atoms with Crippen molar-refractivity contribution in [2.75, 3.05) is 0 Å². The quantitative estimate of drug-likeness (QED) is 0.796. The monoisotopic (exact) mass is 289 g/mol. The van der Waals surface area contributed by atoms with E-state index in [0.717, 1.165) is 16.7 Å². The summed E-state index contributed by atoms with van der Waals surface area (Å²) in [5, 5.41) is 2.81. The number of hydrogen-bond acceptors (Lipinski definition) is 4. The summed E-state index contributed by atoms with van der Waals surface area (Å²) in [6.07, 6.45) is 1.67. The van der Waals surface area contributed by atoms with Crippen LogP contribution in [0.5, 0.6) is 0 Å². The molecule has 0 bridgehead atoms. The fourth-order valence-corrected chi connectivity index (χ4v) is 3.60. The minimum absolute atomic E-state index is 0.739. The second kappa shape index (κ2) is 4.51. The van der Waals surface area contributed by atoms with E-state index in [2.05, 4.69) is 32.4 Å². The zero-order valence-electron chi connectivity index (χ0n) is 7.49. The Morgan fingerprint density at radius 2 is 2.50 bits per heavy atom. The number of oxazole rings is 1. The Bertz CT molecular complexity index is 424. The number of nitrogens with zero attached hydrogens (tertiary/aromatic N) is 1. The Morgan fingerprint density at radius 1 is 1.64 bits per heavy atom. The summed E-state index contributed by atoms with van der Waals surface area (Å²) < 4.78 is 6.41. The molecule has 0 fully saturated rings. The molecule has 2 aromatic heterocycles. The Labute approximate surface area is 98.9 Å². The molecule has 0 radical (unpaired) electrons. The summed E-state index contributed by atoms with van der Waals surface area (Å²) in [4.78, 5) is 5.54. The predicted molar refractivity (Wildman–Crippen MR) is 62.8 cm³/mol. The lowest BCUT2D eigenvalue weighted by molar-refractivity contribution is 0.454. The Balaban J connectivity index is 1.98. The van der Waals surface area contributed by atoms with Crippen LogP contribution >= 0.6 is 39.0 Å². The van der Waals surface area contributed by atoms with Gasteiger partial charge in [-0.3, -0.25) is 0 Å². The molecule has 0 aliphatic rings. The molecule has 0 atom stereocenters. The topological polar surface area (TPSA) is 26.0 Å². The van der Waals surface area contributed by atoms with Gasteiger partial charge in [-0.2, -0.15) is 0 Å². The molecule has 0 unspecified atom stereocenters. The smallest absolute Gasteiger partial charge is 0.256 e. The highest BCUT2D eigenvalue weighted by Crippen LogP contribution is 2.29. The first-order valence-electron chi connectivity index (χ1n) is 4.02. The van der Waals surface area contributed by atoms with Gasteiger partial charge in [0.1, 0.15) is 6.26 Å². The van der Waals surface area contributed by atoms with E-state index >= 15 is 0 Å². The van der Waals surface area contributed by atoms with Gasteiger partial charge in [-0.05, 0) is 34.3 Å². The van der Waals surface area contributed by atoms with Crippen LogP contribution in [0.15, 0.2) is 31.8 Å². The average Bonchev–Trinajstić information content (AvgIpc) is 2.72. The lowest BCUT2D eigenvalue weighted by Crippen LogP contribution is -1.76. The number of thiophene rings is 1.